The van der Waals surface area contributed by atoms with Gasteiger partial charge in [0.05, 0.1) is 0 Å². The van der Waals surface area contributed by atoms with E-state index in [1.54, 1.807) is 0 Å². The van der Waals surface area contributed by atoms with E-state index in [0.717, 1.165) is 24.3 Å². The first-order chi connectivity index (χ1) is 9.15. The van der Waals surface area contributed by atoms with Gasteiger partial charge in [0.25, 0.3) is 0 Å². The van der Waals surface area contributed by atoms with Gasteiger partial charge in [0.15, 0.2) is 5.96 Å². The topological polar surface area (TPSA) is 36.4 Å². The SMILES string of the molecule is CN=C(NCCCCSC)NC1CC(C)CC(C)C1. The molecule has 0 aromatic rings. The van der Waals surface area contributed by atoms with Gasteiger partial charge in [0.1, 0.15) is 0 Å². The quantitative estimate of drug-likeness (QED) is 0.447. The van der Waals surface area contributed by atoms with Crippen LogP contribution in [0.1, 0.15) is 46.0 Å². The Morgan fingerprint density at radius 1 is 1.16 bits per heavy atom. The summed E-state index contributed by atoms with van der Waals surface area (Å²) in [6.07, 6.45) is 8.59. The molecule has 4 heteroatoms. The minimum atomic E-state index is 0.594. The molecule has 0 aromatic carbocycles. The van der Waals surface area contributed by atoms with Gasteiger partial charge in [0.2, 0.25) is 0 Å². The lowest BCUT2D eigenvalue weighted by Gasteiger charge is -2.32. The second-order valence-corrected chi connectivity index (χ2v) is 6.94. The lowest BCUT2D eigenvalue weighted by molar-refractivity contribution is 0.255. The maximum atomic E-state index is 4.34. The molecule has 1 aliphatic rings. The van der Waals surface area contributed by atoms with Crippen molar-refractivity contribution in [1.29, 1.82) is 0 Å². The minimum Gasteiger partial charge on any atom is -0.356 e. The van der Waals surface area contributed by atoms with Crippen LogP contribution in [0.2, 0.25) is 0 Å². The normalized spacial score (nSPS) is 28.2. The molecule has 0 aliphatic heterocycles. The molecule has 0 spiro atoms. The van der Waals surface area contributed by atoms with Gasteiger partial charge in [0, 0.05) is 19.6 Å². The van der Waals surface area contributed by atoms with Crippen molar-refractivity contribution in [2.24, 2.45) is 16.8 Å². The van der Waals surface area contributed by atoms with E-state index in [9.17, 15) is 0 Å². The summed E-state index contributed by atoms with van der Waals surface area (Å²) < 4.78 is 0. The molecule has 3 nitrogen and oxygen atoms in total. The van der Waals surface area contributed by atoms with Crippen molar-refractivity contribution < 1.29 is 0 Å². The highest BCUT2D eigenvalue weighted by atomic mass is 32.2. The van der Waals surface area contributed by atoms with Gasteiger partial charge in [-0.25, -0.2) is 0 Å². The summed E-state index contributed by atoms with van der Waals surface area (Å²) >= 11 is 1.92. The molecule has 2 atom stereocenters. The summed E-state index contributed by atoms with van der Waals surface area (Å²) in [6, 6.07) is 0.594. The van der Waals surface area contributed by atoms with Crippen molar-refractivity contribution in [3.63, 3.8) is 0 Å². The Balaban J connectivity index is 2.24. The van der Waals surface area contributed by atoms with Gasteiger partial charge in [-0.3, -0.25) is 4.99 Å². The summed E-state index contributed by atoms with van der Waals surface area (Å²) in [5.74, 6) is 3.91. The highest BCUT2D eigenvalue weighted by Crippen LogP contribution is 2.28. The molecule has 1 aliphatic carbocycles. The van der Waals surface area contributed by atoms with E-state index in [-0.39, 0.29) is 0 Å². The molecule has 0 radical (unpaired) electrons. The summed E-state index contributed by atoms with van der Waals surface area (Å²) in [5, 5.41) is 7.03. The monoisotopic (exact) mass is 285 g/mol. The van der Waals surface area contributed by atoms with Gasteiger partial charge in [-0.15, -0.1) is 0 Å². The molecule has 112 valence electrons. The van der Waals surface area contributed by atoms with Crippen LogP contribution in [0.3, 0.4) is 0 Å². The fourth-order valence-corrected chi connectivity index (χ4v) is 3.52. The first-order valence-corrected chi connectivity index (χ1v) is 9.01. The van der Waals surface area contributed by atoms with Gasteiger partial charge < -0.3 is 10.6 Å². The maximum Gasteiger partial charge on any atom is 0.191 e. The van der Waals surface area contributed by atoms with Crippen LogP contribution in [0.15, 0.2) is 4.99 Å². The molecule has 1 saturated carbocycles. The summed E-state index contributed by atoms with van der Waals surface area (Å²) in [4.78, 5) is 4.34. The smallest absolute Gasteiger partial charge is 0.191 e. The second kappa shape index (κ2) is 9.51. The third-order valence-corrected chi connectivity index (χ3v) is 4.51. The van der Waals surface area contributed by atoms with Crippen molar-refractivity contribution in [2.45, 2.75) is 52.0 Å². The fourth-order valence-electron chi connectivity index (χ4n) is 3.03. The molecular weight excluding hydrogens is 254 g/mol. The zero-order valence-corrected chi connectivity index (χ0v) is 13.9. The number of nitrogens with one attached hydrogen (secondary N) is 2. The molecule has 2 N–H and O–H groups in total. The molecule has 0 saturated heterocycles. The molecule has 0 bridgehead atoms. The number of hydrogen-bond donors (Lipinski definition) is 2. The van der Waals surface area contributed by atoms with Gasteiger partial charge in [-0.05, 0) is 55.9 Å². The molecule has 0 amide bonds. The standard InChI is InChI=1S/C15H31N3S/c1-12-9-13(2)11-14(10-12)18-15(16-3)17-7-5-6-8-19-4/h12-14H,5-11H2,1-4H3,(H2,16,17,18). The van der Waals surface area contributed by atoms with Crippen LogP contribution >= 0.6 is 11.8 Å². The lowest BCUT2D eigenvalue weighted by atomic mass is 9.80. The Labute approximate surface area is 123 Å². The largest absolute Gasteiger partial charge is 0.356 e. The van der Waals surface area contributed by atoms with E-state index < -0.39 is 0 Å². The van der Waals surface area contributed by atoms with Crippen molar-refractivity contribution in [3.05, 3.63) is 0 Å². The predicted octanol–water partition coefficient (Wildman–Crippen LogP) is 3.12. The number of thioether (sulfide) groups is 1. The number of nitrogens with zero attached hydrogens (tertiary/aromatic N) is 1. The zero-order chi connectivity index (χ0) is 14.1. The Morgan fingerprint density at radius 3 is 2.42 bits per heavy atom. The van der Waals surface area contributed by atoms with Crippen LogP contribution in [0.25, 0.3) is 0 Å². The summed E-state index contributed by atoms with van der Waals surface area (Å²) in [7, 11) is 1.87. The van der Waals surface area contributed by atoms with E-state index in [1.807, 2.05) is 18.8 Å². The number of guanidine groups is 1. The molecule has 1 fully saturated rings. The van der Waals surface area contributed by atoms with E-state index in [4.69, 9.17) is 0 Å². The van der Waals surface area contributed by atoms with E-state index in [0.29, 0.717) is 6.04 Å². The second-order valence-electron chi connectivity index (χ2n) is 5.96. The third-order valence-electron chi connectivity index (χ3n) is 3.81. The maximum absolute atomic E-state index is 4.34. The minimum absolute atomic E-state index is 0.594. The fraction of sp³-hybridized carbons (Fsp3) is 0.933. The number of aliphatic imine (C=N–C) groups is 1. The number of rotatable bonds is 6. The van der Waals surface area contributed by atoms with Crippen LogP contribution in [0, 0.1) is 11.8 Å². The highest BCUT2D eigenvalue weighted by Gasteiger charge is 2.24. The molecule has 0 heterocycles. The van der Waals surface area contributed by atoms with Crippen molar-refractivity contribution in [3.8, 4) is 0 Å². The number of hydrogen-bond acceptors (Lipinski definition) is 2. The van der Waals surface area contributed by atoms with Crippen LogP contribution in [0.5, 0.6) is 0 Å². The molecular formula is C15H31N3S. The van der Waals surface area contributed by atoms with E-state index in [2.05, 4.69) is 35.7 Å². The van der Waals surface area contributed by atoms with Crippen LogP contribution in [0.4, 0.5) is 0 Å². The summed E-state index contributed by atoms with van der Waals surface area (Å²) in [6.45, 7) is 5.75. The Morgan fingerprint density at radius 2 is 1.84 bits per heavy atom. The Hall–Kier alpha value is -0.380. The van der Waals surface area contributed by atoms with Gasteiger partial charge >= 0.3 is 0 Å². The zero-order valence-electron chi connectivity index (χ0n) is 13.0. The Kier molecular flexibility index (Phi) is 8.35. The molecule has 0 aromatic heterocycles. The van der Waals surface area contributed by atoms with Crippen LogP contribution in [-0.4, -0.2) is 37.6 Å². The average molecular weight is 286 g/mol. The Bertz CT molecular complexity index is 258. The van der Waals surface area contributed by atoms with Crippen molar-refractivity contribution in [1.82, 2.24) is 10.6 Å². The number of unbranched alkanes of at least 4 members (excludes halogenated alkanes) is 1. The first kappa shape index (κ1) is 16.7. The van der Waals surface area contributed by atoms with Crippen LogP contribution < -0.4 is 10.6 Å². The van der Waals surface area contributed by atoms with Crippen molar-refractivity contribution in [2.75, 3.05) is 25.6 Å². The predicted molar refractivity (Wildman–Crippen MR) is 88.1 cm³/mol. The molecule has 19 heavy (non-hydrogen) atoms. The first-order valence-electron chi connectivity index (χ1n) is 7.61. The van der Waals surface area contributed by atoms with E-state index >= 15 is 0 Å². The third kappa shape index (κ3) is 7.09. The van der Waals surface area contributed by atoms with Gasteiger partial charge in [-0.2, -0.15) is 11.8 Å². The molecule has 2 unspecified atom stereocenters. The van der Waals surface area contributed by atoms with E-state index in [1.165, 1.54) is 37.9 Å². The lowest BCUT2D eigenvalue weighted by Crippen LogP contribution is -2.46. The highest BCUT2D eigenvalue weighted by molar-refractivity contribution is 7.98. The van der Waals surface area contributed by atoms with Crippen molar-refractivity contribution >= 4 is 17.7 Å². The van der Waals surface area contributed by atoms with Gasteiger partial charge in [-0.1, -0.05) is 13.8 Å². The summed E-state index contributed by atoms with van der Waals surface area (Å²) in [5.41, 5.74) is 0. The van der Waals surface area contributed by atoms with Crippen LogP contribution in [-0.2, 0) is 0 Å². The molecule has 1 rings (SSSR count). The average Bonchev–Trinajstić information content (AvgIpc) is 2.36.